The first-order valence-corrected chi connectivity index (χ1v) is 11.7. The molecule has 1 aliphatic rings. The van der Waals surface area contributed by atoms with Crippen molar-refractivity contribution in [2.24, 2.45) is 0 Å². The maximum Gasteiger partial charge on any atom is 0.240 e. The van der Waals surface area contributed by atoms with Crippen molar-refractivity contribution in [1.82, 2.24) is 19.5 Å². The largest absolute Gasteiger partial charge is 0.493 e. The van der Waals surface area contributed by atoms with E-state index in [1.54, 1.807) is 18.5 Å². The number of nitrogens with zero attached hydrogens (tertiary/aromatic N) is 3. The van der Waals surface area contributed by atoms with Crippen molar-refractivity contribution in [3.8, 4) is 22.8 Å². The lowest BCUT2D eigenvalue weighted by atomic mass is 9.94. The van der Waals surface area contributed by atoms with Crippen LogP contribution >= 0.6 is 0 Å². The zero-order chi connectivity index (χ0) is 21.8. The standard InChI is InChI=1S/C22H26N4O4S/c1-29-20-8-7-17(15-21(20)30-2)31(27,28)24-13-14-26-19-6-4-3-5-18(19)22(25-26)16-9-11-23-12-10-16/h7-12,15,24H,3-6,13-14H2,1-2H3. The molecule has 0 saturated carbocycles. The summed E-state index contributed by atoms with van der Waals surface area (Å²) in [6, 6.07) is 8.46. The molecule has 0 unspecified atom stereocenters. The van der Waals surface area contributed by atoms with Crippen LogP contribution in [0, 0.1) is 0 Å². The summed E-state index contributed by atoms with van der Waals surface area (Å²) in [6.45, 7) is 0.695. The first kappa shape index (κ1) is 21.3. The first-order valence-electron chi connectivity index (χ1n) is 10.2. The topological polar surface area (TPSA) is 95.3 Å². The quantitative estimate of drug-likeness (QED) is 0.576. The number of rotatable bonds is 8. The molecule has 1 N–H and O–H groups in total. The summed E-state index contributed by atoms with van der Waals surface area (Å²) >= 11 is 0. The number of nitrogens with one attached hydrogen (secondary N) is 1. The zero-order valence-electron chi connectivity index (χ0n) is 17.7. The third kappa shape index (κ3) is 4.42. The average Bonchev–Trinajstić information content (AvgIpc) is 3.18. The molecule has 0 atom stereocenters. The van der Waals surface area contributed by atoms with Crippen LogP contribution in [0.3, 0.4) is 0 Å². The van der Waals surface area contributed by atoms with E-state index in [0.717, 1.165) is 36.9 Å². The molecular formula is C22H26N4O4S. The van der Waals surface area contributed by atoms with Gasteiger partial charge in [0.25, 0.3) is 0 Å². The first-order chi connectivity index (χ1) is 15.0. The van der Waals surface area contributed by atoms with Gasteiger partial charge in [0, 0.05) is 41.8 Å². The van der Waals surface area contributed by atoms with Crippen LogP contribution < -0.4 is 14.2 Å². The highest BCUT2D eigenvalue weighted by Gasteiger charge is 2.22. The summed E-state index contributed by atoms with van der Waals surface area (Å²) in [4.78, 5) is 4.22. The van der Waals surface area contributed by atoms with E-state index in [0.29, 0.717) is 18.0 Å². The van der Waals surface area contributed by atoms with Gasteiger partial charge in [-0.3, -0.25) is 9.67 Å². The minimum atomic E-state index is -3.69. The number of ether oxygens (including phenoxy) is 2. The smallest absolute Gasteiger partial charge is 0.240 e. The molecule has 0 amide bonds. The Labute approximate surface area is 182 Å². The maximum atomic E-state index is 12.8. The summed E-state index contributed by atoms with van der Waals surface area (Å²) in [7, 11) is -0.705. The molecule has 0 radical (unpaired) electrons. The SMILES string of the molecule is COc1ccc(S(=O)(=O)NCCn2nc(-c3ccncc3)c3c2CCCC3)cc1OC. The molecule has 1 aromatic carbocycles. The van der Waals surface area contributed by atoms with Crippen molar-refractivity contribution in [3.63, 3.8) is 0 Å². The van der Waals surface area contributed by atoms with Crippen LogP contribution in [-0.4, -0.2) is 43.9 Å². The van der Waals surface area contributed by atoms with Crippen LogP contribution in [-0.2, 0) is 29.4 Å². The van der Waals surface area contributed by atoms with Crippen molar-refractivity contribution in [2.45, 2.75) is 37.1 Å². The Morgan fingerprint density at radius 1 is 1.03 bits per heavy atom. The number of aromatic nitrogens is 3. The lowest BCUT2D eigenvalue weighted by Crippen LogP contribution is -2.28. The fraction of sp³-hybridized carbons (Fsp3) is 0.364. The zero-order valence-corrected chi connectivity index (χ0v) is 18.5. The van der Waals surface area contributed by atoms with Crippen molar-refractivity contribution in [3.05, 3.63) is 54.0 Å². The van der Waals surface area contributed by atoms with E-state index in [9.17, 15) is 8.42 Å². The summed E-state index contributed by atoms with van der Waals surface area (Å²) in [5, 5.41) is 4.82. The van der Waals surface area contributed by atoms with E-state index >= 15 is 0 Å². The van der Waals surface area contributed by atoms with E-state index < -0.39 is 10.0 Å². The summed E-state index contributed by atoms with van der Waals surface area (Å²) < 4.78 is 40.5. The molecule has 0 spiro atoms. The van der Waals surface area contributed by atoms with Crippen LogP contribution in [0.1, 0.15) is 24.1 Å². The van der Waals surface area contributed by atoms with E-state index in [1.165, 1.54) is 37.6 Å². The monoisotopic (exact) mass is 442 g/mol. The van der Waals surface area contributed by atoms with Crippen LogP contribution in [0.25, 0.3) is 11.3 Å². The highest BCUT2D eigenvalue weighted by molar-refractivity contribution is 7.89. The number of pyridine rings is 1. The van der Waals surface area contributed by atoms with Gasteiger partial charge in [0.15, 0.2) is 11.5 Å². The molecule has 4 rings (SSSR count). The highest BCUT2D eigenvalue weighted by atomic mass is 32.2. The lowest BCUT2D eigenvalue weighted by Gasteiger charge is -2.15. The third-order valence-corrected chi connectivity index (χ3v) is 6.95. The van der Waals surface area contributed by atoms with Gasteiger partial charge in [0.1, 0.15) is 0 Å². The van der Waals surface area contributed by atoms with E-state index in [2.05, 4.69) is 9.71 Å². The van der Waals surface area contributed by atoms with Crippen LogP contribution in [0.2, 0.25) is 0 Å². The number of methoxy groups -OCH3 is 2. The number of hydrogen-bond acceptors (Lipinski definition) is 6. The maximum absolute atomic E-state index is 12.8. The molecule has 0 saturated heterocycles. The predicted octanol–water partition coefficient (Wildman–Crippen LogP) is 2.82. The van der Waals surface area contributed by atoms with E-state index in [-0.39, 0.29) is 11.4 Å². The number of sulfonamides is 1. The Kier molecular flexibility index (Phi) is 6.24. The normalized spacial score (nSPS) is 13.6. The molecule has 2 aromatic heterocycles. The van der Waals surface area contributed by atoms with Gasteiger partial charge in [-0.1, -0.05) is 0 Å². The Morgan fingerprint density at radius 2 is 1.77 bits per heavy atom. The Bertz CT molecular complexity index is 1160. The molecule has 0 bridgehead atoms. The number of fused-ring (bicyclic) bond motifs is 1. The van der Waals surface area contributed by atoms with Gasteiger partial charge in [0.2, 0.25) is 10.0 Å². The molecule has 8 nitrogen and oxygen atoms in total. The number of hydrogen-bond donors (Lipinski definition) is 1. The molecule has 164 valence electrons. The van der Waals surface area contributed by atoms with Gasteiger partial charge >= 0.3 is 0 Å². The predicted molar refractivity (Wildman–Crippen MR) is 117 cm³/mol. The van der Waals surface area contributed by atoms with Gasteiger partial charge < -0.3 is 9.47 Å². The Balaban J connectivity index is 1.52. The molecule has 3 aromatic rings. The van der Waals surface area contributed by atoms with Crippen LogP contribution in [0.15, 0.2) is 47.6 Å². The molecule has 2 heterocycles. The average molecular weight is 443 g/mol. The van der Waals surface area contributed by atoms with Crippen LogP contribution in [0.5, 0.6) is 11.5 Å². The fourth-order valence-corrected chi connectivity index (χ4v) is 4.99. The van der Waals surface area contributed by atoms with Crippen molar-refractivity contribution < 1.29 is 17.9 Å². The highest BCUT2D eigenvalue weighted by Crippen LogP contribution is 2.31. The molecule has 9 heteroatoms. The van der Waals surface area contributed by atoms with Crippen molar-refractivity contribution in [2.75, 3.05) is 20.8 Å². The van der Waals surface area contributed by atoms with Gasteiger partial charge in [-0.05, 0) is 49.9 Å². The molecule has 0 aliphatic heterocycles. The summed E-state index contributed by atoms with van der Waals surface area (Å²) in [6.07, 6.45) is 7.73. The van der Waals surface area contributed by atoms with Gasteiger partial charge in [0.05, 0.1) is 31.4 Å². The molecule has 0 fully saturated rings. The van der Waals surface area contributed by atoms with Gasteiger partial charge in [-0.15, -0.1) is 0 Å². The summed E-state index contributed by atoms with van der Waals surface area (Å²) in [5.74, 6) is 0.849. The van der Waals surface area contributed by atoms with Gasteiger partial charge in [-0.2, -0.15) is 5.10 Å². The second-order valence-corrected chi connectivity index (χ2v) is 9.12. The molecular weight excluding hydrogens is 416 g/mol. The fourth-order valence-electron chi connectivity index (χ4n) is 3.95. The van der Waals surface area contributed by atoms with Crippen molar-refractivity contribution in [1.29, 1.82) is 0 Å². The Morgan fingerprint density at radius 3 is 2.52 bits per heavy atom. The molecule has 1 aliphatic carbocycles. The minimum absolute atomic E-state index is 0.130. The minimum Gasteiger partial charge on any atom is -0.493 e. The van der Waals surface area contributed by atoms with Crippen LogP contribution in [0.4, 0.5) is 0 Å². The lowest BCUT2D eigenvalue weighted by molar-refractivity contribution is 0.354. The second kappa shape index (κ2) is 9.07. The summed E-state index contributed by atoms with van der Waals surface area (Å²) in [5.41, 5.74) is 4.47. The number of benzene rings is 1. The van der Waals surface area contributed by atoms with E-state index in [4.69, 9.17) is 14.6 Å². The van der Waals surface area contributed by atoms with E-state index in [1.807, 2.05) is 16.8 Å². The van der Waals surface area contributed by atoms with Gasteiger partial charge in [-0.25, -0.2) is 13.1 Å². The third-order valence-electron chi connectivity index (χ3n) is 5.49. The van der Waals surface area contributed by atoms with Crippen molar-refractivity contribution >= 4 is 10.0 Å². The second-order valence-electron chi connectivity index (χ2n) is 7.35. The Hall–Kier alpha value is -2.91. The molecule has 31 heavy (non-hydrogen) atoms.